The second kappa shape index (κ2) is 5.70. The molecule has 0 bridgehead atoms. The van der Waals surface area contributed by atoms with Crippen LogP contribution in [-0.4, -0.2) is 10.8 Å². The third-order valence-electron chi connectivity index (χ3n) is 2.54. The lowest BCUT2D eigenvalue weighted by Gasteiger charge is -2.08. The van der Waals surface area contributed by atoms with Crippen molar-refractivity contribution in [3.8, 4) is 6.07 Å². The lowest BCUT2D eigenvalue weighted by Crippen LogP contribution is -2.11. The SMILES string of the molecule is Cc1nc(C(=O)C(C#N)c2ccc(Cl)c(Cl)c2)cs1. The summed E-state index contributed by atoms with van der Waals surface area (Å²) in [6.45, 7) is 1.81. The molecule has 1 atom stereocenters. The number of ketones is 1. The van der Waals surface area contributed by atoms with E-state index in [4.69, 9.17) is 23.2 Å². The summed E-state index contributed by atoms with van der Waals surface area (Å²) in [4.78, 5) is 16.3. The number of aryl methyl sites for hydroxylation is 1. The summed E-state index contributed by atoms with van der Waals surface area (Å²) >= 11 is 13.1. The predicted molar refractivity (Wildman–Crippen MR) is 76.0 cm³/mol. The molecule has 19 heavy (non-hydrogen) atoms. The molecule has 2 aromatic rings. The molecule has 1 aromatic heterocycles. The normalized spacial score (nSPS) is 11.9. The zero-order valence-electron chi connectivity index (χ0n) is 9.85. The highest BCUT2D eigenvalue weighted by Crippen LogP contribution is 2.28. The maximum atomic E-state index is 12.2. The van der Waals surface area contributed by atoms with E-state index >= 15 is 0 Å². The monoisotopic (exact) mass is 310 g/mol. The van der Waals surface area contributed by atoms with Gasteiger partial charge in [0, 0.05) is 5.38 Å². The van der Waals surface area contributed by atoms with Crippen molar-refractivity contribution >= 4 is 40.3 Å². The Kier molecular flexibility index (Phi) is 4.20. The molecular weight excluding hydrogens is 303 g/mol. The van der Waals surface area contributed by atoms with Crippen molar-refractivity contribution in [2.75, 3.05) is 0 Å². The van der Waals surface area contributed by atoms with E-state index < -0.39 is 5.92 Å². The number of carbonyl (C=O) groups is 1. The molecule has 96 valence electrons. The molecule has 0 radical (unpaired) electrons. The van der Waals surface area contributed by atoms with Crippen LogP contribution in [0.4, 0.5) is 0 Å². The third-order valence-corrected chi connectivity index (χ3v) is 4.05. The number of Topliss-reactive ketones (excluding diaryl/α,β-unsaturated/α-hetero) is 1. The summed E-state index contributed by atoms with van der Waals surface area (Å²) in [6, 6.07) is 6.72. The van der Waals surface area contributed by atoms with Crippen molar-refractivity contribution in [3.05, 3.63) is 49.9 Å². The van der Waals surface area contributed by atoms with Crippen LogP contribution in [-0.2, 0) is 0 Å². The molecule has 0 saturated heterocycles. The first-order chi connectivity index (χ1) is 9.02. The summed E-state index contributed by atoms with van der Waals surface area (Å²) in [5.74, 6) is -1.25. The van der Waals surface area contributed by atoms with Crippen molar-refractivity contribution in [3.63, 3.8) is 0 Å². The van der Waals surface area contributed by atoms with Gasteiger partial charge in [0.15, 0.2) is 0 Å². The Balaban J connectivity index is 2.37. The fraction of sp³-hybridized carbons (Fsp3) is 0.154. The van der Waals surface area contributed by atoms with Crippen LogP contribution < -0.4 is 0 Å². The van der Waals surface area contributed by atoms with E-state index in [2.05, 4.69) is 4.98 Å². The van der Waals surface area contributed by atoms with Gasteiger partial charge >= 0.3 is 0 Å². The summed E-state index contributed by atoms with van der Waals surface area (Å²) in [7, 11) is 0. The Morgan fingerprint density at radius 1 is 1.42 bits per heavy atom. The fourth-order valence-corrected chi connectivity index (χ4v) is 2.51. The molecule has 2 rings (SSSR count). The van der Waals surface area contributed by atoms with Crippen LogP contribution >= 0.6 is 34.5 Å². The maximum Gasteiger partial charge on any atom is 0.203 e. The molecule has 0 saturated carbocycles. The molecule has 0 fully saturated rings. The Morgan fingerprint density at radius 2 is 2.16 bits per heavy atom. The number of hydrogen-bond acceptors (Lipinski definition) is 4. The number of hydrogen-bond donors (Lipinski definition) is 0. The molecule has 3 nitrogen and oxygen atoms in total. The average Bonchev–Trinajstić information content (AvgIpc) is 2.81. The molecule has 0 aliphatic heterocycles. The molecule has 0 aliphatic rings. The fourth-order valence-electron chi connectivity index (χ4n) is 1.60. The smallest absolute Gasteiger partial charge is 0.203 e. The van der Waals surface area contributed by atoms with Gasteiger partial charge in [-0.15, -0.1) is 11.3 Å². The first-order valence-electron chi connectivity index (χ1n) is 5.34. The lowest BCUT2D eigenvalue weighted by atomic mass is 9.95. The van der Waals surface area contributed by atoms with Crippen molar-refractivity contribution in [1.82, 2.24) is 4.98 Å². The quantitative estimate of drug-likeness (QED) is 0.796. The predicted octanol–water partition coefficient (Wildman–Crippen LogP) is 4.25. The molecule has 0 N–H and O–H groups in total. The first-order valence-corrected chi connectivity index (χ1v) is 6.97. The average molecular weight is 311 g/mol. The number of aromatic nitrogens is 1. The van der Waals surface area contributed by atoms with Crippen LogP contribution in [0, 0.1) is 18.3 Å². The van der Waals surface area contributed by atoms with Crippen LogP contribution in [0.3, 0.4) is 0 Å². The number of halogens is 2. The van der Waals surface area contributed by atoms with Gasteiger partial charge in [-0.3, -0.25) is 4.79 Å². The van der Waals surface area contributed by atoms with Crippen LogP contribution in [0.15, 0.2) is 23.6 Å². The van der Waals surface area contributed by atoms with Gasteiger partial charge in [0.1, 0.15) is 11.6 Å². The molecule has 1 aromatic carbocycles. The third kappa shape index (κ3) is 2.95. The molecule has 0 amide bonds. The van der Waals surface area contributed by atoms with Gasteiger partial charge in [0.25, 0.3) is 0 Å². The lowest BCUT2D eigenvalue weighted by molar-refractivity contribution is 0.0974. The van der Waals surface area contributed by atoms with Crippen molar-refractivity contribution in [1.29, 1.82) is 5.26 Å². The van der Waals surface area contributed by atoms with Crippen molar-refractivity contribution in [2.24, 2.45) is 0 Å². The van der Waals surface area contributed by atoms with E-state index in [-0.39, 0.29) is 5.78 Å². The number of carbonyl (C=O) groups excluding carboxylic acids is 1. The van der Waals surface area contributed by atoms with Gasteiger partial charge in [0.05, 0.1) is 21.1 Å². The number of rotatable bonds is 3. The second-order valence-electron chi connectivity index (χ2n) is 3.85. The summed E-state index contributed by atoms with van der Waals surface area (Å²) < 4.78 is 0. The summed E-state index contributed by atoms with van der Waals surface area (Å²) in [5.41, 5.74) is 0.827. The summed E-state index contributed by atoms with van der Waals surface area (Å²) in [6.07, 6.45) is 0. The van der Waals surface area contributed by atoms with Crippen molar-refractivity contribution < 1.29 is 4.79 Å². The van der Waals surface area contributed by atoms with E-state index in [1.54, 1.807) is 17.5 Å². The van der Waals surface area contributed by atoms with Gasteiger partial charge in [0.2, 0.25) is 5.78 Å². The van der Waals surface area contributed by atoms with E-state index in [0.29, 0.717) is 21.3 Å². The highest BCUT2D eigenvalue weighted by atomic mass is 35.5. The molecular formula is C13H8Cl2N2OS. The zero-order valence-corrected chi connectivity index (χ0v) is 12.2. The molecule has 1 unspecified atom stereocenters. The van der Waals surface area contributed by atoms with Crippen LogP contribution in [0.1, 0.15) is 27.0 Å². The molecule has 0 aliphatic carbocycles. The van der Waals surface area contributed by atoms with E-state index in [9.17, 15) is 10.1 Å². The minimum absolute atomic E-state index is 0.306. The molecule has 1 heterocycles. The summed E-state index contributed by atoms with van der Waals surface area (Å²) in [5, 5.41) is 12.4. The van der Waals surface area contributed by atoms with Gasteiger partial charge in [-0.25, -0.2) is 4.98 Å². The van der Waals surface area contributed by atoms with Gasteiger partial charge in [-0.1, -0.05) is 29.3 Å². The van der Waals surface area contributed by atoms with Crippen LogP contribution in [0.2, 0.25) is 10.0 Å². The van der Waals surface area contributed by atoms with Crippen molar-refractivity contribution in [2.45, 2.75) is 12.8 Å². The van der Waals surface area contributed by atoms with Crippen LogP contribution in [0.5, 0.6) is 0 Å². The minimum Gasteiger partial charge on any atom is -0.291 e. The highest BCUT2D eigenvalue weighted by Gasteiger charge is 2.24. The molecule has 0 spiro atoms. The van der Waals surface area contributed by atoms with Gasteiger partial charge in [-0.05, 0) is 24.6 Å². The standard InChI is InChI=1S/C13H8Cl2N2OS/c1-7-17-12(6-19-7)13(18)9(5-16)8-2-3-10(14)11(15)4-8/h2-4,6,9H,1H3. The topological polar surface area (TPSA) is 53.8 Å². The maximum absolute atomic E-state index is 12.2. The van der Waals surface area contributed by atoms with Crippen LogP contribution in [0.25, 0.3) is 0 Å². The first kappa shape index (κ1) is 14.0. The largest absolute Gasteiger partial charge is 0.291 e. The Morgan fingerprint density at radius 3 is 2.68 bits per heavy atom. The number of nitrogens with zero attached hydrogens (tertiary/aromatic N) is 2. The number of benzene rings is 1. The Bertz CT molecular complexity index is 676. The van der Waals surface area contributed by atoms with E-state index in [0.717, 1.165) is 5.01 Å². The van der Waals surface area contributed by atoms with Gasteiger partial charge in [-0.2, -0.15) is 5.26 Å². The minimum atomic E-state index is -0.920. The number of thiazole rings is 1. The highest BCUT2D eigenvalue weighted by molar-refractivity contribution is 7.09. The van der Waals surface area contributed by atoms with Gasteiger partial charge < -0.3 is 0 Å². The van der Waals surface area contributed by atoms with E-state index in [1.165, 1.54) is 17.4 Å². The number of nitriles is 1. The Labute approximate surface area is 124 Å². The zero-order chi connectivity index (χ0) is 14.0. The second-order valence-corrected chi connectivity index (χ2v) is 5.73. The molecule has 6 heteroatoms. The van der Waals surface area contributed by atoms with E-state index in [1.807, 2.05) is 13.0 Å². The Hall–Kier alpha value is -1.41.